The topological polar surface area (TPSA) is 75.5 Å². The minimum atomic E-state index is -0.448. The van der Waals surface area contributed by atoms with E-state index in [2.05, 4.69) is 26.1 Å². The molecule has 2 aromatic carbocycles. The van der Waals surface area contributed by atoms with Crippen molar-refractivity contribution in [3.8, 4) is 0 Å². The lowest BCUT2D eigenvalue weighted by Gasteiger charge is -2.17. The van der Waals surface area contributed by atoms with Crippen LogP contribution in [-0.2, 0) is 11.3 Å². The Morgan fingerprint density at radius 1 is 1.24 bits per heavy atom. The fourth-order valence-corrected chi connectivity index (χ4v) is 2.87. The Morgan fingerprint density at radius 2 is 1.96 bits per heavy atom. The standard InChI is InChI=1S/C18H20BrN3O3/c1-13-16(8-5-9-17(13)22(24)25)20-18(23)10-11-21(2)12-14-6-3-4-7-15(14)19/h3-9H,10-12H2,1-2H3,(H,20,23). The van der Waals surface area contributed by atoms with Crippen LogP contribution in [0.5, 0.6) is 0 Å². The van der Waals surface area contributed by atoms with E-state index in [0.29, 0.717) is 24.2 Å². The molecule has 0 atom stereocenters. The molecule has 0 radical (unpaired) electrons. The monoisotopic (exact) mass is 405 g/mol. The van der Waals surface area contributed by atoms with Gasteiger partial charge in [-0.05, 0) is 31.7 Å². The highest BCUT2D eigenvalue weighted by atomic mass is 79.9. The van der Waals surface area contributed by atoms with Crippen LogP contribution in [0.4, 0.5) is 11.4 Å². The van der Waals surface area contributed by atoms with Gasteiger partial charge in [0.25, 0.3) is 5.69 Å². The highest BCUT2D eigenvalue weighted by Gasteiger charge is 2.15. The van der Waals surface area contributed by atoms with Gasteiger partial charge in [-0.15, -0.1) is 0 Å². The normalized spacial score (nSPS) is 10.7. The molecule has 132 valence electrons. The maximum atomic E-state index is 12.2. The van der Waals surface area contributed by atoms with Gasteiger partial charge in [-0.25, -0.2) is 0 Å². The fraction of sp³-hybridized carbons (Fsp3) is 0.278. The first kappa shape index (κ1) is 19.1. The van der Waals surface area contributed by atoms with Crippen LogP contribution >= 0.6 is 15.9 Å². The number of carbonyl (C=O) groups excluding carboxylic acids is 1. The Morgan fingerprint density at radius 3 is 2.64 bits per heavy atom. The number of carbonyl (C=O) groups is 1. The van der Waals surface area contributed by atoms with Crippen molar-refractivity contribution in [2.24, 2.45) is 0 Å². The lowest BCUT2D eigenvalue weighted by Crippen LogP contribution is -2.24. The second-order valence-electron chi connectivity index (χ2n) is 5.83. The summed E-state index contributed by atoms with van der Waals surface area (Å²) in [7, 11) is 1.95. The molecule has 0 saturated heterocycles. The second-order valence-corrected chi connectivity index (χ2v) is 6.69. The first-order valence-corrected chi connectivity index (χ1v) is 8.63. The minimum Gasteiger partial charge on any atom is -0.326 e. The highest BCUT2D eigenvalue weighted by Crippen LogP contribution is 2.25. The maximum Gasteiger partial charge on any atom is 0.274 e. The molecule has 0 aliphatic heterocycles. The van der Waals surface area contributed by atoms with E-state index in [1.54, 1.807) is 19.1 Å². The van der Waals surface area contributed by atoms with Crippen LogP contribution in [0.25, 0.3) is 0 Å². The van der Waals surface area contributed by atoms with E-state index in [1.165, 1.54) is 6.07 Å². The van der Waals surface area contributed by atoms with E-state index in [4.69, 9.17) is 0 Å². The predicted octanol–water partition coefficient (Wildman–Crippen LogP) is 4.13. The van der Waals surface area contributed by atoms with Crippen LogP contribution in [0.1, 0.15) is 17.5 Å². The van der Waals surface area contributed by atoms with Crippen molar-refractivity contribution in [1.29, 1.82) is 0 Å². The Kier molecular flexibility index (Phi) is 6.66. The van der Waals surface area contributed by atoms with Crippen LogP contribution in [0.3, 0.4) is 0 Å². The summed E-state index contributed by atoms with van der Waals surface area (Å²) in [4.78, 5) is 24.7. The molecule has 0 saturated carbocycles. The van der Waals surface area contributed by atoms with Gasteiger partial charge in [0.15, 0.2) is 0 Å². The van der Waals surface area contributed by atoms with Gasteiger partial charge >= 0.3 is 0 Å². The van der Waals surface area contributed by atoms with Crippen molar-refractivity contribution in [2.75, 3.05) is 18.9 Å². The summed E-state index contributed by atoms with van der Waals surface area (Å²) >= 11 is 3.51. The number of nitrogens with one attached hydrogen (secondary N) is 1. The van der Waals surface area contributed by atoms with Gasteiger partial charge in [0, 0.05) is 30.0 Å². The summed E-state index contributed by atoms with van der Waals surface area (Å²) < 4.78 is 1.04. The minimum absolute atomic E-state index is 0.00356. The summed E-state index contributed by atoms with van der Waals surface area (Å²) in [6.07, 6.45) is 0.309. The third-order valence-corrected chi connectivity index (χ3v) is 4.67. The maximum absolute atomic E-state index is 12.2. The summed E-state index contributed by atoms with van der Waals surface area (Å²) in [5.74, 6) is -0.164. The number of hydrogen-bond acceptors (Lipinski definition) is 4. The number of hydrogen-bond donors (Lipinski definition) is 1. The number of nitrogens with zero attached hydrogens (tertiary/aromatic N) is 2. The van der Waals surface area contributed by atoms with Crippen LogP contribution < -0.4 is 5.32 Å². The van der Waals surface area contributed by atoms with Crippen molar-refractivity contribution in [3.63, 3.8) is 0 Å². The van der Waals surface area contributed by atoms with E-state index in [9.17, 15) is 14.9 Å². The Hall–Kier alpha value is -2.25. The molecule has 0 aromatic heterocycles. The molecule has 25 heavy (non-hydrogen) atoms. The van der Waals surface area contributed by atoms with E-state index >= 15 is 0 Å². The molecule has 0 spiro atoms. The second kappa shape index (κ2) is 8.73. The molecule has 0 fully saturated rings. The van der Waals surface area contributed by atoms with Gasteiger partial charge in [0.2, 0.25) is 5.91 Å². The third kappa shape index (κ3) is 5.37. The van der Waals surface area contributed by atoms with Gasteiger partial charge in [0.1, 0.15) is 0 Å². The lowest BCUT2D eigenvalue weighted by atomic mass is 10.1. The molecule has 2 aromatic rings. The van der Waals surface area contributed by atoms with Crippen molar-refractivity contribution >= 4 is 33.2 Å². The van der Waals surface area contributed by atoms with Gasteiger partial charge in [0.05, 0.1) is 16.2 Å². The average Bonchev–Trinajstić information content (AvgIpc) is 2.57. The molecular formula is C18H20BrN3O3. The number of rotatable bonds is 7. The summed E-state index contributed by atoms with van der Waals surface area (Å²) in [5.41, 5.74) is 2.10. The first-order chi connectivity index (χ1) is 11.9. The van der Waals surface area contributed by atoms with Crippen LogP contribution in [0.15, 0.2) is 46.9 Å². The SMILES string of the molecule is Cc1c(NC(=O)CCN(C)Cc2ccccc2Br)cccc1[N+](=O)[O-]. The highest BCUT2D eigenvalue weighted by molar-refractivity contribution is 9.10. The largest absolute Gasteiger partial charge is 0.326 e. The van der Waals surface area contributed by atoms with Crippen molar-refractivity contribution in [3.05, 3.63) is 68.2 Å². The van der Waals surface area contributed by atoms with E-state index in [0.717, 1.165) is 16.6 Å². The quantitative estimate of drug-likeness (QED) is 0.554. The summed E-state index contributed by atoms with van der Waals surface area (Å²) in [5, 5.41) is 13.7. The molecule has 7 heteroatoms. The molecule has 0 aliphatic rings. The molecule has 0 aliphatic carbocycles. The predicted molar refractivity (Wildman–Crippen MR) is 102 cm³/mol. The van der Waals surface area contributed by atoms with Crippen molar-refractivity contribution < 1.29 is 9.72 Å². The van der Waals surface area contributed by atoms with Gasteiger partial charge in [-0.2, -0.15) is 0 Å². The number of halogens is 1. The van der Waals surface area contributed by atoms with Crippen LogP contribution in [0, 0.1) is 17.0 Å². The lowest BCUT2D eigenvalue weighted by molar-refractivity contribution is -0.385. The summed E-state index contributed by atoms with van der Waals surface area (Å²) in [6, 6.07) is 12.6. The van der Waals surface area contributed by atoms with E-state index < -0.39 is 4.92 Å². The number of nitro benzene ring substituents is 1. The Bertz CT molecular complexity index is 780. The van der Waals surface area contributed by atoms with Crippen LogP contribution in [-0.4, -0.2) is 29.3 Å². The molecule has 0 unspecified atom stereocenters. The zero-order valence-corrected chi connectivity index (χ0v) is 15.7. The van der Waals surface area contributed by atoms with Gasteiger partial charge in [-0.1, -0.05) is 40.2 Å². The van der Waals surface area contributed by atoms with Crippen molar-refractivity contribution in [2.45, 2.75) is 19.9 Å². The molecular weight excluding hydrogens is 386 g/mol. The Labute approximate surface area is 155 Å². The van der Waals surface area contributed by atoms with Gasteiger partial charge < -0.3 is 10.2 Å². The molecule has 6 nitrogen and oxygen atoms in total. The van der Waals surface area contributed by atoms with Gasteiger partial charge in [-0.3, -0.25) is 14.9 Å². The number of amides is 1. The zero-order chi connectivity index (χ0) is 18.4. The van der Waals surface area contributed by atoms with Crippen LogP contribution in [0.2, 0.25) is 0 Å². The molecule has 1 N–H and O–H groups in total. The average molecular weight is 406 g/mol. The van der Waals surface area contributed by atoms with Crippen molar-refractivity contribution in [1.82, 2.24) is 4.90 Å². The number of benzene rings is 2. The fourth-order valence-electron chi connectivity index (χ4n) is 2.46. The summed E-state index contributed by atoms with van der Waals surface area (Å²) in [6.45, 7) is 2.94. The first-order valence-electron chi connectivity index (χ1n) is 7.84. The number of nitro groups is 1. The number of anilines is 1. The third-order valence-electron chi connectivity index (χ3n) is 3.89. The molecule has 2 rings (SSSR count). The Balaban J connectivity index is 1.90. The molecule has 0 heterocycles. The van der Waals surface area contributed by atoms with E-state index in [1.807, 2.05) is 31.3 Å². The smallest absolute Gasteiger partial charge is 0.274 e. The molecule has 0 bridgehead atoms. The zero-order valence-electron chi connectivity index (χ0n) is 14.2. The molecule has 1 amide bonds. The van der Waals surface area contributed by atoms with E-state index in [-0.39, 0.29) is 11.6 Å².